The lowest BCUT2D eigenvalue weighted by molar-refractivity contribution is 0.404. The van der Waals surface area contributed by atoms with Gasteiger partial charge in [-0.05, 0) is 13.8 Å². The summed E-state index contributed by atoms with van der Waals surface area (Å²) >= 11 is 0. The summed E-state index contributed by atoms with van der Waals surface area (Å²) in [6, 6.07) is 0. The van der Waals surface area contributed by atoms with Crippen molar-refractivity contribution in [2.75, 3.05) is 20.4 Å². The van der Waals surface area contributed by atoms with E-state index < -0.39 is 10.0 Å². The van der Waals surface area contributed by atoms with Crippen molar-refractivity contribution < 1.29 is 13.2 Å². The molecule has 0 saturated carbocycles. The topological polar surface area (TPSA) is 59.5 Å². The maximum Gasteiger partial charge on any atom is 0.211 e. The van der Waals surface area contributed by atoms with Gasteiger partial charge in [-0.15, -0.1) is 0 Å². The molecule has 0 aliphatic heterocycles. The van der Waals surface area contributed by atoms with Crippen molar-refractivity contribution in [3.63, 3.8) is 0 Å². The summed E-state index contributed by atoms with van der Waals surface area (Å²) in [7, 11) is -0.0678. The minimum absolute atomic E-state index is 0.251. The van der Waals surface area contributed by atoms with E-state index >= 15 is 0 Å². The first-order valence-corrected chi connectivity index (χ1v) is 7.02. The highest BCUT2D eigenvalue weighted by molar-refractivity contribution is 7.88. The SMILES string of the molecule is COc1c(C)cnc(CN(C)S(C)(=O)=O)c1C. The van der Waals surface area contributed by atoms with Gasteiger partial charge in [-0.1, -0.05) is 0 Å². The van der Waals surface area contributed by atoms with E-state index in [-0.39, 0.29) is 6.54 Å². The number of methoxy groups -OCH3 is 1. The number of aryl methyl sites for hydroxylation is 1. The molecule has 0 amide bonds. The fourth-order valence-electron chi connectivity index (χ4n) is 1.56. The molecule has 5 nitrogen and oxygen atoms in total. The van der Waals surface area contributed by atoms with Gasteiger partial charge in [0.05, 0.1) is 25.6 Å². The van der Waals surface area contributed by atoms with Gasteiger partial charge in [0.25, 0.3) is 0 Å². The maximum atomic E-state index is 11.3. The smallest absolute Gasteiger partial charge is 0.211 e. The van der Waals surface area contributed by atoms with Crippen LogP contribution in [0, 0.1) is 13.8 Å². The van der Waals surface area contributed by atoms with Crippen molar-refractivity contribution in [1.29, 1.82) is 0 Å². The van der Waals surface area contributed by atoms with E-state index in [0.29, 0.717) is 5.69 Å². The monoisotopic (exact) mass is 258 g/mol. The third kappa shape index (κ3) is 3.17. The fraction of sp³-hybridized carbons (Fsp3) is 0.545. The van der Waals surface area contributed by atoms with Crippen molar-refractivity contribution in [1.82, 2.24) is 9.29 Å². The molecule has 1 aromatic rings. The quantitative estimate of drug-likeness (QED) is 0.811. The predicted octanol–water partition coefficient (Wildman–Crippen LogP) is 1.10. The Balaban J connectivity index is 3.09. The molecule has 17 heavy (non-hydrogen) atoms. The van der Waals surface area contributed by atoms with Crippen LogP contribution in [-0.2, 0) is 16.6 Å². The standard InChI is InChI=1S/C11H18N2O3S/c1-8-6-12-10(9(2)11(8)16-4)7-13(3)17(5,14)15/h6H,7H2,1-5H3. The predicted molar refractivity (Wildman–Crippen MR) is 66.6 cm³/mol. The lowest BCUT2D eigenvalue weighted by atomic mass is 10.1. The molecular weight excluding hydrogens is 240 g/mol. The van der Waals surface area contributed by atoms with E-state index in [9.17, 15) is 8.42 Å². The molecule has 0 saturated heterocycles. The normalized spacial score (nSPS) is 11.9. The van der Waals surface area contributed by atoms with Crippen LogP contribution in [0.15, 0.2) is 6.20 Å². The van der Waals surface area contributed by atoms with Crippen LogP contribution < -0.4 is 4.74 Å². The minimum atomic E-state index is -3.19. The summed E-state index contributed by atoms with van der Waals surface area (Å²) in [5.74, 6) is 0.761. The number of rotatable bonds is 4. The largest absolute Gasteiger partial charge is 0.496 e. The van der Waals surface area contributed by atoms with E-state index in [2.05, 4.69) is 4.98 Å². The first-order chi connectivity index (χ1) is 7.77. The van der Waals surface area contributed by atoms with E-state index in [4.69, 9.17) is 4.74 Å². The number of aromatic nitrogens is 1. The lowest BCUT2D eigenvalue weighted by Gasteiger charge is -2.17. The van der Waals surface area contributed by atoms with Crippen molar-refractivity contribution in [3.05, 3.63) is 23.0 Å². The zero-order valence-corrected chi connectivity index (χ0v) is 11.6. The molecule has 0 unspecified atom stereocenters. The van der Waals surface area contributed by atoms with Gasteiger partial charge in [-0.2, -0.15) is 4.31 Å². The minimum Gasteiger partial charge on any atom is -0.496 e. The van der Waals surface area contributed by atoms with Crippen LogP contribution in [-0.4, -0.2) is 38.1 Å². The van der Waals surface area contributed by atoms with Crippen molar-refractivity contribution in [2.45, 2.75) is 20.4 Å². The fourth-order valence-corrected chi connectivity index (χ4v) is 1.92. The Morgan fingerprint density at radius 1 is 1.41 bits per heavy atom. The van der Waals surface area contributed by atoms with Gasteiger partial charge in [0.15, 0.2) is 0 Å². The molecule has 0 radical (unpaired) electrons. The number of hydrogen-bond donors (Lipinski definition) is 0. The Bertz CT molecular complexity index is 512. The summed E-state index contributed by atoms with van der Waals surface area (Å²) in [6.07, 6.45) is 2.87. The third-order valence-electron chi connectivity index (χ3n) is 2.69. The van der Waals surface area contributed by atoms with Crippen molar-refractivity contribution in [2.24, 2.45) is 0 Å². The Hall–Kier alpha value is -1.14. The second-order valence-electron chi connectivity index (χ2n) is 4.07. The number of hydrogen-bond acceptors (Lipinski definition) is 4. The first-order valence-electron chi connectivity index (χ1n) is 5.17. The van der Waals surface area contributed by atoms with Gasteiger partial charge in [-0.25, -0.2) is 8.42 Å². The molecule has 1 rings (SSSR count). The Labute approximate surface area is 102 Å². The molecule has 6 heteroatoms. The highest BCUT2D eigenvalue weighted by atomic mass is 32.2. The Morgan fingerprint density at radius 3 is 2.47 bits per heavy atom. The molecule has 0 aliphatic rings. The van der Waals surface area contributed by atoms with E-state index in [1.807, 2.05) is 13.8 Å². The number of nitrogens with zero attached hydrogens (tertiary/aromatic N) is 2. The molecule has 0 aliphatic carbocycles. The zero-order valence-electron chi connectivity index (χ0n) is 10.8. The highest BCUT2D eigenvalue weighted by Crippen LogP contribution is 2.24. The molecule has 1 heterocycles. The average molecular weight is 258 g/mol. The average Bonchev–Trinajstić information content (AvgIpc) is 2.21. The van der Waals surface area contributed by atoms with Gasteiger partial charge < -0.3 is 4.74 Å². The van der Waals surface area contributed by atoms with Gasteiger partial charge >= 0.3 is 0 Å². The Kier molecular flexibility index (Phi) is 4.11. The summed E-state index contributed by atoms with van der Waals surface area (Å²) in [6.45, 7) is 4.04. The van der Waals surface area contributed by atoms with Crippen LogP contribution in [0.1, 0.15) is 16.8 Å². The summed E-state index contributed by atoms with van der Waals surface area (Å²) in [5.41, 5.74) is 2.53. The molecule has 96 valence electrons. The van der Waals surface area contributed by atoms with Gasteiger partial charge in [-0.3, -0.25) is 4.98 Å². The molecule has 0 spiro atoms. The van der Waals surface area contributed by atoms with Crippen LogP contribution in [0.2, 0.25) is 0 Å². The van der Waals surface area contributed by atoms with Crippen LogP contribution >= 0.6 is 0 Å². The van der Waals surface area contributed by atoms with Crippen LogP contribution in [0.4, 0.5) is 0 Å². The van der Waals surface area contributed by atoms with Crippen LogP contribution in [0.5, 0.6) is 5.75 Å². The molecular formula is C11H18N2O3S. The highest BCUT2D eigenvalue weighted by Gasteiger charge is 2.16. The third-order valence-corrected chi connectivity index (χ3v) is 3.95. The van der Waals surface area contributed by atoms with Gasteiger partial charge in [0.1, 0.15) is 5.75 Å². The van der Waals surface area contributed by atoms with E-state index in [1.165, 1.54) is 17.6 Å². The molecule has 1 aromatic heterocycles. The number of ether oxygens (including phenoxy) is 1. The second kappa shape index (κ2) is 5.01. The van der Waals surface area contributed by atoms with Crippen LogP contribution in [0.25, 0.3) is 0 Å². The second-order valence-corrected chi connectivity index (χ2v) is 6.15. The van der Waals surface area contributed by atoms with Gasteiger partial charge in [0, 0.05) is 24.4 Å². The molecule has 0 fully saturated rings. The molecule has 0 atom stereocenters. The van der Waals surface area contributed by atoms with Crippen molar-refractivity contribution in [3.8, 4) is 5.75 Å². The summed E-state index contributed by atoms with van der Waals surface area (Å²) in [4.78, 5) is 4.25. The first kappa shape index (κ1) is 13.9. The van der Waals surface area contributed by atoms with Crippen molar-refractivity contribution >= 4 is 10.0 Å². The number of sulfonamides is 1. The van der Waals surface area contributed by atoms with E-state index in [1.54, 1.807) is 13.3 Å². The molecule has 0 bridgehead atoms. The summed E-state index contributed by atoms with van der Waals surface area (Å²) in [5, 5.41) is 0. The van der Waals surface area contributed by atoms with Gasteiger partial charge in [0.2, 0.25) is 10.0 Å². The Morgan fingerprint density at radius 2 is 2.00 bits per heavy atom. The number of pyridine rings is 1. The lowest BCUT2D eigenvalue weighted by Crippen LogP contribution is -2.25. The maximum absolute atomic E-state index is 11.3. The summed E-state index contributed by atoms with van der Waals surface area (Å²) < 4.78 is 29.2. The zero-order chi connectivity index (χ0) is 13.2. The molecule has 0 N–H and O–H groups in total. The van der Waals surface area contributed by atoms with E-state index in [0.717, 1.165) is 16.9 Å². The molecule has 0 aromatic carbocycles. The van der Waals surface area contributed by atoms with Crippen LogP contribution in [0.3, 0.4) is 0 Å².